The third kappa shape index (κ3) is 4.13. The van der Waals surface area contributed by atoms with Crippen LogP contribution in [0.3, 0.4) is 0 Å². The van der Waals surface area contributed by atoms with E-state index >= 15 is 0 Å². The van der Waals surface area contributed by atoms with Gasteiger partial charge in [0.2, 0.25) is 5.91 Å². The van der Waals surface area contributed by atoms with Crippen LogP contribution in [0.5, 0.6) is 0 Å². The van der Waals surface area contributed by atoms with Crippen molar-refractivity contribution >= 4 is 28.2 Å². The van der Waals surface area contributed by atoms with Gasteiger partial charge in [0.25, 0.3) is 5.91 Å². The molecule has 2 amide bonds. The largest absolute Gasteiger partial charge is 0.335 e. The molecule has 0 radical (unpaired) electrons. The summed E-state index contributed by atoms with van der Waals surface area (Å²) in [7, 11) is 0. The summed E-state index contributed by atoms with van der Waals surface area (Å²) in [5.74, 6) is 0.825. The first-order chi connectivity index (χ1) is 12.3. The Labute approximate surface area is 161 Å². The van der Waals surface area contributed by atoms with Gasteiger partial charge in [0.1, 0.15) is 0 Å². The molecule has 2 fully saturated rings. The first-order valence-corrected chi connectivity index (χ1v) is 10.8. The molecule has 1 aromatic rings. The molecule has 1 saturated heterocycles. The fourth-order valence-electron chi connectivity index (χ4n) is 4.24. The van der Waals surface area contributed by atoms with E-state index in [2.05, 4.69) is 10.2 Å². The normalized spacial score (nSPS) is 21.8. The molecule has 0 aromatic carbocycles. The van der Waals surface area contributed by atoms with Gasteiger partial charge < -0.3 is 10.2 Å². The number of hydrogen-bond donors (Lipinski definition) is 1. The number of carbonyl (C=O) groups excluding carboxylic acids is 2. The molecule has 1 saturated carbocycles. The molecule has 1 atom stereocenters. The second-order valence-electron chi connectivity index (χ2n) is 8.93. The Hall–Kier alpha value is -1.36. The lowest BCUT2D eigenvalue weighted by atomic mass is 9.83. The van der Waals surface area contributed by atoms with Crippen LogP contribution in [-0.2, 0) is 4.79 Å². The number of carbonyl (C=O) groups is 2. The molecule has 0 bridgehead atoms. The van der Waals surface area contributed by atoms with Gasteiger partial charge in [-0.2, -0.15) is 0 Å². The van der Waals surface area contributed by atoms with E-state index in [0.717, 1.165) is 34.8 Å². The SMILES string of the molecule is Cc1cc(NC(=O)C(C)(C)C)sc1C(=O)N1CCC[C@H]1C1CCCCC1. The van der Waals surface area contributed by atoms with Crippen molar-refractivity contribution in [3.63, 3.8) is 0 Å². The minimum atomic E-state index is -0.441. The summed E-state index contributed by atoms with van der Waals surface area (Å²) < 4.78 is 0. The highest BCUT2D eigenvalue weighted by Crippen LogP contribution is 2.37. The molecule has 144 valence electrons. The van der Waals surface area contributed by atoms with Crippen molar-refractivity contribution in [1.82, 2.24) is 4.90 Å². The first kappa shape index (κ1) is 19.4. The summed E-state index contributed by atoms with van der Waals surface area (Å²) in [4.78, 5) is 28.4. The molecule has 3 rings (SSSR count). The average molecular weight is 377 g/mol. The Balaban J connectivity index is 1.74. The highest BCUT2D eigenvalue weighted by molar-refractivity contribution is 7.18. The van der Waals surface area contributed by atoms with Crippen LogP contribution in [0.25, 0.3) is 0 Å². The minimum Gasteiger partial charge on any atom is -0.335 e. The van der Waals surface area contributed by atoms with E-state index in [1.54, 1.807) is 0 Å². The number of hydrogen-bond acceptors (Lipinski definition) is 3. The third-order valence-electron chi connectivity index (χ3n) is 5.78. The lowest BCUT2D eigenvalue weighted by molar-refractivity contribution is -0.123. The van der Waals surface area contributed by atoms with Crippen LogP contribution in [0.2, 0.25) is 0 Å². The molecule has 2 heterocycles. The van der Waals surface area contributed by atoms with E-state index in [0.29, 0.717) is 12.0 Å². The lowest BCUT2D eigenvalue weighted by Crippen LogP contribution is -2.40. The van der Waals surface area contributed by atoms with E-state index < -0.39 is 5.41 Å². The predicted molar refractivity (Wildman–Crippen MR) is 108 cm³/mol. The van der Waals surface area contributed by atoms with Crippen LogP contribution < -0.4 is 5.32 Å². The quantitative estimate of drug-likeness (QED) is 0.785. The van der Waals surface area contributed by atoms with Crippen molar-refractivity contribution in [2.24, 2.45) is 11.3 Å². The second-order valence-corrected chi connectivity index (χ2v) is 9.99. The molecule has 1 aliphatic heterocycles. The van der Waals surface area contributed by atoms with Gasteiger partial charge in [-0.15, -0.1) is 11.3 Å². The van der Waals surface area contributed by atoms with Gasteiger partial charge in [-0.1, -0.05) is 40.0 Å². The molecule has 5 heteroatoms. The topological polar surface area (TPSA) is 49.4 Å². The van der Waals surface area contributed by atoms with Gasteiger partial charge in [0.05, 0.1) is 9.88 Å². The Morgan fingerprint density at radius 1 is 1.12 bits per heavy atom. The number of thiophene rings is 1. The maximum absolute atomic E-state index is 13.2. The van der Waals surface area contributed by atoms with Gasteiger partial charge in [-0.25, -0.2) is 0 Å². The van der Waals surface area contributed by atoms with E-state index in [-0.39, 0.29) is 11.8 Å². The Kier molecular flexibility index (Phi) is 5.75. The molecule has 1 N–H and O–H groups in total. The highest BCUT2D eigenvalue weighted by Gasteiger charge is 2.36. The van der Waals surface area contributed by atoms with Gasteiger partial charge >= 0.3 is 0 Å². The molecular formula is C21H32N2O2S. The van der Waals surface area contributed by atoms with Crippen molar-refractivity contribution in [2.45, 2.75) is 78.7 Å². The predicted octanol–water partition coefficient (Wildman–Crippen LogP) is 5.23. The Morgan fingerprint density at radius 2 is 1.81 bits per heavy atom. The summed E-state index contributed by atoms with van der Waals surface area (Å²) in [6.45, 7) is 8.54. The lowest BCUT2D eigenvalue weighted by Gasteiger charge is -2.34. The number of aryl methyl sites for hydroxylation is 1. The maximum atomic E-state index is 13.2. The second kappa shape index (κ2) is 7.71. The number of nitrogens with one attached hydrogen (secondary N) is 1. The fourth-order valence-corrected chi connectivity index (χ4v) is 5.26. The third-order valence-corrected chi connectivity index (χ3v) is 6.92. The number of likely N-dealkylation sites (tertiary alicyclic amines) is 1. The summed E-state index contributed by atoms with van der Waals surface area (Å²) in [5, 5.41) is 3.75. The highest BCUT2D eigenvalue weighted by atomic mass is 32.1. The average Bonchev–Trinajstić information content (AvgIpc) is 3.21. The monoisotopic (exact) mass is 376 g/mol. The van der Waals surface area contributed by atoms with Gasteiger partial charge in [0, 0.05) is 18.0 Å². The molecule has 1 aromatic heterocycles. The minimum absolute atomic E-state index is 0.0148. The van der Waals surface area contributed by atoms with E-state index in [4.69, 9.17) is 0 Å². The van der Waals surface area contributed by atoms with Crippen LogP contribution in [-0.4, -0.2) is 29.3 Å². The molecule has 0 unspecified atom stereocenters. The van der Waals surface area contributed by atoms with Crippen molar-refractivity contribution in [3.05, 3.63) is 16.5 Å². The van der Waals surface area contributed by atoms with Crippen molar-refractivity contribution in [2.75, 3.05) is 11.9 Å². The van der Waals surface area contributed by atoms with E-state index in [1.165, 1.54) is 43.4 Å². The zero-order valence-electron chi connectivity index (χ0n) is 16.6. The molecule has 26 heavy (non-hydrogen) atoms. The summed E-state index contributed by atoms with van der Waals surface area (Å²) in [5.41, 5.74) is 0.529. The molecule has 0 spiro atoms. The standard InChI is InChI=1S/C21H32N2O2S/c1-14-13-17(22-20(25)21(2,3)4)26-18(14)19(24)23-12-8-11-16(23)15-9-6-5-7-10-15/h13,15-16H,5-12H2,1-4H3,(H,22,25)/t16-/m0/s1. The summed E-state index contributed by atoms with van der Waals surface area (Å²) >= 11 is 1.42. The summed E-state index contributed by atoms with van der Waals surface area (Å²) in [6.07, 6.45) is 8.77. The number of anilines is 1. The van der Waals surface area contributed by atoms with Crippen molar-refractivity contribution in [3.8, 4) is 0 Å². The van der Waals surface area contributed by atoms with Crippen molar-refractivity contribution in [1.29, 1.82) is 0 Å². The Morgan fingerprint density at radius 3 is 2.46 bits per heavy atom. The smallest absolute Gasteiger partial charge is 0.264 e. The zero-order valence-corrected chi connectivity index (χ0v) is 17.4. The first-order valence-electron chi connectivity index (χ1n) is 10.00. The van der Waals surface area contributed by atoms with Crippen LogP contribution >= 0.6 is 11.3 Å². The number of amides is 2. The number of rotatable bonds is 3. The van der Waals surface area contributed by atoms with E-state index in [1.807, 2.05) is 33.8 Å². The molecule has 4 nitrogen and oxygen atoms in total. The Bertz CT molecular complexity index is 668. The number of nitrogens with zero attached hydrogens (tertiary/aromatic N) is 1. The zero-order chi connectivity index (χ0) is 18.9. The van der Waals surface area contributed by atoms with Gasteiger partial charge in [0.15, 0.2) is 0 Å². The van der Waals surface area contributed by atoms with Crippen LogP contribution in [0.1, 0.15) is 81.0 Å². The van der Waals surface area contributed by atoms with Gasteiger partial charge in [-0.05, 0) is 50.2 Å². The summed E-state index contributed by atoms with van der Waals surface area (Å²) in [6, 6.07) is 2.35. The van der Waals surface area contributed by atoms with Crippen LogP contribution in [0, 0.1) is 18.3 Å². The van der Waals surface area contributed by atoms with Crippen molar-refractivity contribution < 1.29 is 9.59 Å². The van der Waals surface area contributed by atoms with Crippen LogP contribution in [0.4, 0.5) is 5.00 Å². The van der Waals surface area contributed by atoms with Gasteiger partial charge in [-0.3, -0.25) is 9.59 Å². The van der Waals surface area contributed by atoms with Crippen LogP contribution in [0.15, 0.2) is 6.07 Å². The maximum Gasteiger partial charge on any atom is 0.264 e. The van der Waals surface area contributed by atoms with E-state index in [9.17, 15) is 9.59 Å². The fraction of sp³-hybridized carbons (Fsp3) is 0.714. The molecule has 1 aliphatic carbocycles. The molecule has 2 aliphatic rings. The molecular weight excluding hydrogens is 344 g/mol.